The van der Waals surface area contributed by atoms with Crippen LogP contribution in [0.3, 0.4) is 0 Å². The van der Waals surface area contributed by atoms with Crippen molar-refractivity contribution in [2.45, 2.75) is 6.54 Å². The number of nitrogens with zero attached hydrogens (tertiary/aromatic N) is 1. The Morgan fingerprint density at radius 3 is 3.18 bits per heavy atom. The van der Waals surface area contributed by atoms with Gasteiger partial charge in [0.2, 0.25) is 5.91 Å². The number of aromatic nitrogens is 1. The fraction of sp³-hybridized carbons (Fsp3) is 0.333. The number of carbonyl (C=O) groups is 1. The van der Waals surface area contributed by atoms with E-state index in [1.54, 1.807) is 6.07 Å². The lowest BCUT2D eigenvalue weighted by Crippen LogP contribution is -2.23. The Morgan fingerprint density at radius 2 is 2.64 bits per heavy atom. The molecule has 0 saturated heterocycles. The molecule has 0 aliphatic heterocycles. The predicted molar refractivity (Wildman–Crippen MR) is 42.1 cm³/mol. The third-order valence-electron chi connectivity index (χ3n) is 1.07. The zero-order valence-corrected chi connectivity index (χ0v) is 7.30. The maximum Gasteiger partial charge on any atom is 0.231 e. The van der Waals surface area contributed by atoms with Gasteiger partial charge in [0.15, 0.2) is 5.76 Å². The van der Waals surface area contributed by atoms with E-state index in [1.165, 1.54) is 6.20 Å². The molecule has 1 aromatic rings. The minimum Gasteiger partial charge on any atom is -0.360 e. The molecule has 1 aromatic heterocycles. The normalized spacial score (nSPS) is 9.55. The van der Waals surface area contributed by atoms with E-state index >= 15 is 0 Å². The van der Waals surface area contributed by atoms with Gasteiger partial charge < -0.3 is 9.84 Å². The van der Waals surface area contributed by atoms with E-state index in [9.17, 15) is 4.79 Å². The van der Waals surface area contributed by atoms with Crippen molar-refractivity contribution in [3.05, 3.63) is 18.0 Å². The number of carbonyl (C=O) groups excluding carboxylic acids is 1. The van der Waals surface area contributed by atoms with Gasteiger partial charge in [0.25, 0.3) is 0 Å². The zero-order valence-electron chi connectivity index (χ0n) is 5.71. The summed E-state index contributed by atoms with van der Waals surface area (Å²) in [7, 11) is 0. The van der Waals surface area contributed by atoms with Crippen LogP contribution in [0.15, 0.2) is 16.8 Å². The van der Waals surface area contributed by atoms with Crippen molar-refractivity contribution < 1.29 is 9.32 Å². The maximum absolute atomic E-state index is 10.7. The third-order valence-corrected chi connectivity index (χ3v) is 1.58. The summed E-state index contributed by atoms with van der Waals surface area (Å²) in [4.78, 5) is 10.7. The molecule has 60 valence electrons. The van der Waals surface area contributed by atoms with Gasteiger partial charge in [-0.05, 0) is 0 Å². The lowest BCUT2D eigenvalue weighted by atomic mass is 10.4. The van der Waals surface area contributed by atoms with E-state index in [0.717, 1.165) is 0 Å². The van der Waals surface area contributed by atoms with E-state index in [2.05, 4.69) is 26.4 Å². The SMILES string of the molecule is O=C(CBr)NCc1ccno1. The molecule has 5 heteroatoms. The first-order chi connectivity index (χ1) is 5.33. The van der Waals surface area contributed by atoms with E-state index in [1.807, 2.05) is 0 Å². The van der Waals surface area contributed by atoms with Gasteiger partial charge in [0.05, 0.1) is 18.1 Å². The van der Waals surface area contributed by atoms with Gasteiger partial charge in [-0.1, -0.05) is 21.1 Å². The van der Waals surface area contributed by atoms with Crippen LogP contribution in [0.1, 0.15) is 5.76 Å². The monoisotopic (exact) mass is 218 g/mol. The second kappa shape index (κ2) is 4.12. The second-order valence-electron chi connectivity index (χ2n) is 1.89. The average Bonchev–Trinajstić information content (AvgIpc) is 2.52. The third kappa shape index (κ3) is 2.71. The minimum absolute atomic E-state index is 0.0681. The largest absolute Gasteiger partial charge is 0.360 e. The van der Waals surface area contributed by atoms with Gasteiger partial charge in [0.1, 0.15) is 0 Å². The first kappa shape index (κ1) is 8.26. The average molecular weight is 219 g/mol. The molecule has 0 saturated carbocycles. The quantitative estimate of drug-likeness (QED) is 0.760. The highest BCUT2D eigenvalue weighted by Crippen LogP contribution is 1.94. The van der Waals surface area contributed by atoms with Crippen molar-refractivity contribution in [3.63, 3.8) is 0 Å². The van der Waals surface area contributed by atoms with Crippen molar-refractivity contribution >= 4 is 21.8 Å². The number of alkyl halides is 1. The summed E-state index contributed by atoms with van der Waals surface area (Å²) in [5.41, 5.74) is 0. The maximum atomic E-state index is 10.7. The zero-order chi connectivity index (χ0) is 8.10. The van der Waals surface area contributed by atoms with Crippen LogP contribution < -0.4 is 5.32 Å². The molecule has 11 heavy (non-hydrogen) atoms. The lowest BCUT2D eigenvalue weighted by Gasteiger charge is -1.96. The fourth-order valence-corrected chi connectivity index (χ4v) is 0.765. The van der Waals surface area contributed by atoms with Gasteiger partial charge in [-0.25, -0.2) is 0 Å². The Bertz CT molecular complexity index is 222. The standard InChI is InChI=1S/C6H7BrN2O2/c7-3-6(10)8-4-5-1-2-9-11-5/h1-2H,3-4H2,(H,8,10). The summed E-state index contributed by atoms with van der Waals surface area (Å²) in [6.07, 6.45) is 1.54. The summed E-state index contributed by atoms with van der Waals surface area (Å²) in [5, 5.41) is 6.41. The molecule has 1 N–H and O–H groups in total. The van der Waals surface area contributed by atoms with Crippen LogP contribution in [0.25, 0.3) is 0 Å². The molecular formula is C6H7BrN2O2. The number of hydrogen-bond acceptors (Lipinski definition) is 3. The molecule has 1 rings (SSSR count). The molecule has 0 aliphatic carbocycles. The molecule has 0 radical (unpaired) electrons. The van der Waals surface area contributed by atoms with E-state index < -0.39 is 0 Å². The molecule has 0 fully saturated rings. The number of nitrogens with one attached hydrogen (secondary N) is 1. The molecule has 0 bridgehead atoms. The van der Waals surface area contributed by atoms with Crippen molar-refractivity contribution in [3.8, 4) is 0 Å². The van der Waals surface area contributed by atoms with Crippen LogP contribution in [0.4, 0.5) is 0 Å². The molecule has 4 nitrogen and oxygen atoms in total. The molecule has 0 aromatic carbocycles. The first-order valence-corrected chi connectivity index (χ1v) is 4.17. The smallest absolute Gasteiger partial charge is 0.231 e. The number of rotatable bonds is 3. The van der Waals surface area contributed by atoms with Crippen LogP contribution in [-0.2, 0) is 11.3 Å². The number of amides is 1. The molecule has 1 heterocycles. The van der Waals surface area contributed by atoms with Gasteiger partial charge in [-0.15, -0.1) is 0 Å². The van der Waals surface area contributed by atoms with Crippen molar-refractivity contribution in [2.75, 3.05) is 5.33 Å². The van der Waals surface area contributed by atoms with Crippen LogP contribution in [0, 0.1) is 0 Å². The van der Waals surface area contributed by atoms with Gasteiger partial charge in [-0.2, -0.15) is 0 Å². The molecule has 0 aliphatic rings. The predicted octanol–water partition coefficient (Wildman–Crippen LogP) is 0.686. The van der Waals surface area contributed by atoms with Crippen LogP contribution in [-0.4, -0.2) is 16.4 Å². The summed E-state index contributed by atoms with van der Waals surface area (Å²) in [6.45, 7) is 0.393. The van der Waals surface area contributed by atoms with E-state index in [0.29, 0.717) is 17.6 Å². The highest BCUT2D eigenvalue weighted by atomic mass is 79.9. The Hall–Kier alpha value is -0.840. The summed E-state index contributed by atoms with van der Waals surface area (Å²) in [5.74, 6) is 0.584. The van der Waals surface area contributed by atoms with Crippen LogP contribution in [0.5, 0.6) is 0 Å². The van der Waals surface area contributed by atoms with Crippen molar-refractivity contribution in [1.29, 1.82) is 0 Å². The number of halogens is 1. The molecule has 0 atom stereocenters. The summed E-state index contributed by atoms with van der Waals surface area (Å²) >= 11 is 3.02. The Labute approximate surface area is 72.1 Å². The second-order valence-corrected chi connectivity index (χ2v) is 2.45. The minimum atomic E-state index is -0.0681. The van der Waals surface area contributed by atoms with E-state index in [-0.39, 0.29) is 5.91 Å². The summed E-state index contributed by atoms with van der Waals surface area (Å²) in [6, 6.07) is 1.70. The Kier molecular flexibility index (Phi) is 3.10. The fourth-order valence-electron chi connectivity index (χ4n) is 0.566. The van der Waals surface area contributed by atoms with Crippen LogP contribution >= 0.6 is 15.9 Å². The lowest BCUT2D eigenvalue weighted by molar-refractivity contribution is -0.118. The van der Waals surface area contributed by atoms with Gasteiger partial charge in [-0.3, -0.25) is 4.79 Å². The van der Waals surface area contributed by atoms with Crippen molar-refractivity contribution in [1.82, 2.24) is 10.5 Å². The summed E-state index contributed by atoms with van der Waals surface area (Å²) < 4.78 is 4.75. The van der Waals surface area contributed by atoms with Gasteiger partial charge >= 0.3 is 0 Å². The molecular weight excluding hydrogens is 212 g/mol. The Balaban J connectivity index is 2.29. The van der Waals surface area contributed by atoms with Crippen molar-refractivity contribution in [2.24, 2.45) is 0 Å². The molecule has 0 spiro atoms. The highest BCUT2D eigenvalue weighted by Gasteiger charge is 1.99. The molecule has 0 unspecified atom stereocenters. The van der Waals surface area contributed by atoms with Gasteiger partial charge in [0, 0.05) is 6.07 Å². The topological polar surface area (TPSA) is 55.1 Å². The highest BCUT2D eigenvalue weighted by molar-refractivity contribution is 9.09. The Morgan fingerprint density at radius 1 is 1.82 bits per heavy atom. The molecule has 1 amide bonds. The number of hydrogen-bond donors (Lipinski definition) is 1. The first-order valence-electron chi connectivity index (χ1n) is 3.05. The van der Waals surface area contributed by atoms with E-state index in [4.69, 9.17) is 4.52 Å². The van der Waals surface area contributed by atoms with Crippen LogP contribution in [0.2, 0.25) is 0 Å².